The highest BCUT2D eigenvalue weighted by Crippen LogP contribution is 2.52. The third kappa shape index (κ3) is 5.24. The molecular weight excluding hydrogens is 558 g/mol. The van der Waals surface area contributed by atoms with Crippen LogP contribution in [0.15, 0.2) is 146 Å². The number of fused-ring (bicyclic) bond motifs is 2. The van der Waals surface area contributed by atoms with Gasteiger partial charge in [-0.2, -0.15) is 0 Å². The number of carbonyl (C=O) groups is 1. The van der Waals surface area contributed by atoms with Crippen LogP contribution >= 0.6 is 0 Å². The van der Waals surface area contributed by atoms with E-state index >= 15 is 0 Å². The van der Waals surface area contributed by atoms with Crippen LogP contribution in [0.25, 0.3) is 33.4 Å². The topological polar surface area (TPSA) is 20.3 Å². The number of anilines is 3. The van der Waals surface area contributed by atoms with Gasteiger partial charge in [-0.1, -0.05) is 142 Å². The number of ketones is 1. The first-order valence-electron chi connectivity index (χ1n) is 16.4. The normalized spacial score (nSPS) is 13.2. The van der Waals surface area contributed by atoms with E-state index in [0.717, 1.165) is 57.5 Å². The fraction of sp³-hybridized carbons (Fsp3) is 0.159. The highest BCUT2D eigenvalue weighted by atomic mass is 16.1. The molecule has 0 unspecified atom stereocenters. The molecule has 0 radical (unpaired) electrons. The summed E-state index contributed by atoms with van der Waals surface area (Å²) in [6.45, 7) is 6.77. The number of hydrogen-bond donors (Lipinski definition) is 0. The van der Waals surface area contributed by atoms with Crippen molar-refractivity contribution < 1.29 is 4.79 Å². The van der Waals surface area contributed by atoms with E-state index in [1.807, 2.05) is 12.1 Å². The molecule has 0 bridgehead atoms. The number of carbonyl (C=O) groups excluding carboxylic acids is 1. The molecule has 6 aromatic rings. The highest BCUT2D eigenvalue weighted by molar-refractivity contribution is 6.01. The van der Waals surface area contributed by atoms with E-state index < -0.39 is 0 Å². The summed E-state index contributed by atoms with van der Waals surface area (Å²) < 4.78 is 0. The smallest absolute Gasteiger partial charge is 0.162 e. The number of unbranched alkanes of at least 4 members (excludes halogenated alkanes) is 1. The van der Waals surface area contributed by atoms with Crippen molar-refractivity contribution in [3.8, 4) is 33.4 Å². The number of hydrogen-bond acceptors (Lipinski definition) is 2. The molecular formula is C44H39NO. The molecule has 226 valence electrons. The lowest BCUT2D eigenvalue weighted by molar-refractivity contribution is 0.0980. The van der Waals surface area contributed by atoms with Crippen LogP contribution in [0.3, 0.4) is 0 Å². The van der Waals surface area contributed by atoms with Gasteiger partial charge in [0.05, 0.1) is 11.4 Å². The van der Waals surface area contributed by atoms with E-state index in [1.165, 1.54) is 22.5 Å². The van der Waals surface area contributed by atoms with Gasteiger partial charge >= 0.3 is 0 Å². The van der Waals surface area contributed by atoms with Gasteiger partial charge in [-0.15, -0.1) is 0 Å². The second-order valence-electron chi connectivity index (χ2n) is 12.7. The number of Topliss-reactive ketones (excluding diaryl/α,β-unsaturated/α-hetero) is 1. The van der Waals surface area contributed by atoms with Gasteiger partial charge in [-0.05, 0) is 81.3 Å². The molecule has 0 amide bonds. The van der Waals surface area contributed by atoms with Crippen LogP contribution in [0.5, 0.6) is 0 Å². The Labute approximate surface area is 273 Å². The predicted octanol–water partition coefficient (Wildman–Crippen LogP) is 12.2. The molecule has 0 saturated heterocycles. The van der Waals surface area contributed by atoms with Crippen molar-refractivity contribution >= 4 is 22.8 Å². The van der Waals surface area contributed by atoms with Crippen molar-refractivity contribution in [1.82, 2.24) is 0 Å². The average molecular weight is 598 g/mol. The van der Waals surface area contributed by atoms with Crippen LogP contribution in [0.4, 0.5) is 17.1 Å². The first-order valence-corrected chi connectivity index (χ1v) is 16.4. The molecule has 2 nitrogen and oxygen atoms in total. The van der Waals surface area contributed by atoms with E-state index in [4.69, 9.17) is 0 Å². The second kappa shape index (κ2) is 12.3. The van der Waals surface area contributed by atoms with Gasteiger partial charge in [0.2, 0.25) is 0 Å². The van der Waals surface area contributed by atoms with Gasteiger partial charge < -0.3 is 4.90 Å². The minimum absolute atomic E-state index is 0.118. The quantitative estimate of drug-likeness (QED) is 0.163. The van der Waals surface area contributed by atoms with Crippen LogP contribution in [-0.4, -0.2) is 5.78 Å². The Bertz CT molecular complexity index is 1970. The Hall–Kier alpha value is -5.21. The average Bonchev–Trinajstić information content (AvgIpc) is 3.11. The lowest BCUT2D eigenvalue weighted by Crippen LogP contribution is -2.30. The molecule has 0 fully saturated rings. The summed E-state index contributed by atoms with van der Waals surface area (Å²) >= 11 is 0. The van der Waals surface area contributed by atoms with Crippen LogP contribution in [0, 0.1) is 0 Å². The number of nitrogens with zero attached hydrogens (tertiary/aromatic N) is 1. The van der Waals surface area contributed by atoms with Crippen LogP contribution in [0.1, 0.15) is 61.5 Å². The Morgan fingerprint density at radius 3 is 1.63 bits per heavy atom. The molecule has 0 aliphatic carbocycles. The molecule has 0 N–H and O–H groups in total. The fourth-order valence-corrected chi connectivity index (χ4v) is 7.00. The van der Waals surface area contributed by atoms with E-state index in [2.05, 4.69) is 159 Å². The first kappa shape index (κ1) is 29.5. The van der Waals surface area contributed by atoms with E-state index in [-0.39, 0.29) is 11.2 Å². The maximum Gasteiger partial charge on any atom is 0.162 e. The Morgan fingerprint density at radius 2 is 1.07 bits per heavy atom. The van der Waals surface area contributed by atoms with Crippen molar-refractivity contribution in [2.75, 3.05) is 4.90 Å². The molecule has 1 heterocycles. The SMILES string of the molecule is CCCCC(=O)c1ccc(-c2ccc(N3c4ccccc4C(C)(C)c4ccccc43)cc2-c2ccccc2)c(-c2ccccc2)c1. The summed E-state index contributed by atoms with van der Waals surface area (Å²) in [7, 11) is 0. The molecule has 1 aliphatic heterocycles. The molecule has 46 heavy (non-hydrogen) atoms. The van der Waals surface area contributed by atoms with Gasteiger partial charge in [0, 0.05) is 23.1 Å². The molecule has 1 aliphatic rings. The second-order valence-corrected chi connectivity index (χ2v) is 12.7. The van der Waals surface area contributed by atoms with Crippen molar-refractivity contribution in [3.63, 3.8) is 0 Å². The van der Waals surface area contributed by atoms with E-state index in [0.29, 0.717) is 6.42 Å². The maximum atomic E-state index is 13.2. The lowest BCUT2D eigenvalue weighted by Gasteiger charge is -2.42. The van der Waals surface area contributed by atoms with Gasteiger partial charge in [-0.3, -0.25) is 4.79 Å². The molecule has 0 atom stereocenters. The molecule has 0 spiro atoms. The third-order valence-electron chi connectivity index (χ3n) is 9.46. The van der Waals surface area contributed by atoms with Crippen LogP contribution < -0.4 is 4.90 Å². The zero-order valence-electron chi connectivity index (χ0n) is 26.8. The Morgan fingerprint density at radius 1 is 0.565 bits per heavy atom. The minimum Gasteiger partial charge on any atom is -0.310 e. The van der Waals surface area contributed by atoms with Gasteiger partial charge in [0.15, 0.2) is 5.78 Å². The predicted molar refractivity (Wildman–Crippen MR) is 193 cm³/mol. The van der Waals surface area contributed by atoms with Crippen molar-refractivity contribution in [2.45, 2.75) is 45.4 Å². The third-order valence-corrected chi connectivity index (χ3v) is 9.46. The monoisotopic (exact) mass is 597 g/mol. The molecule has 0 aromatic heterocycles. The van der Waals surface area contributed by atoms with Crippen LogP contribution in [-0.2, 0) is 5.41 Å². The number of benzene rings is 6. The first-order chi connectivity index (χ1) is 22.5. The molecule has 2 heteroatoms. The summed E-state index contributed by atoms with van der Waals surface area (Å²) in [4.78, 5) is 15.6. The number of para-hydroxylation sites is 2. The standard InChI is InChI=1S/C44H39NO/c1-4-5-24-43(46)33-25-27-35(37(29-33)31-16-8-6-9-17-31)36-28-26-34(30-38(36)32-18-10-7-11-19-32)45-41-22-14-12-20-39(41)44(2,3)40-21-13-15-23-42(40)45/h6-23,25-30H,4-5,24H2,1-3H3. The zero-order valence-corrected chi connectivity index (χ0v) is 26.8. The summed E-state index contributed by atoms with van der Waals surface area (Å²) in [6.07, 6.45) is 2.48. The summed E-state index contributed by atoms with van der Waals surface area (Å²) in [5.41, 5.74) is 13.6. The number of rotatable bonds is 8. The molecule has 6 aromatic carbocycles. The van der Waals surface area contributed by atoms with Crippen molar-refractivity contribution in [3.05, 3.63) is 162 Å². The fourth-order valence-electron chi connectivity index (χ4n) is 7.00. The van der Waals surface area contributed by atoms with Gasteiger partial charge in [0.25, 0.3) is 0 Å². The summed E-state index contributed by atoms with van der Waals surface area (Å²) in [6, 6.07) is 51.8. The van der Waals surface area contributed by atoms with Gasteiger partial charge in [0.1, 0.15) is 0 Å². The highest BCUT2D eigenvalue weighted by Gasteiger charge is 2.36. The zero-order chi connectivity index (χ0) is 31.7. The molecule has 7 rings (SSSR count). The Balaban J connectivity index is 1.45. The summed E-state index contributed by atoms with van der Waals surface area (Å²) in [5, 5.41) is 0. The molecule has 0 saturated carbocycles. The van der Waals surface area contributed by atoms with Crippen molar-refractivity contribution in [1.29, 1.82) is 0 Å². The Kier molecular flexibility index (Phi) is 7.88. The maximum absolute atomic E-state index is 13.2. The van der Waals surface area contributed by atoms with E-state index in [9.17, 15) is 4.79 Å². The summed E-state index contributed by atoms with van der Waals surface area (Å²) in [5.74, 6) is 0.203. The largest absolute Gasteiger partial charge is 0.310 e. The lowest BCUT2D eigenvalue weighted by atomic mass is 9.73. The van der Waals surface area contributed by atoms with Gasteiger partial charge in [-0.25, -0.2) is 0 Å². The van der Waals surface area contributed by atoms with Crippen LogP contribution in [0.2, 0.25) is 0 Å². The van der Waals surface area contributed by atoms with Crippen molar-refractivity contribution in [2.24, 2.45) is 0 Å². The van der Waals surface area contributed by atoms with E-state index in [1.54, 1.807) is 0 Å². The minimum atomic E-state index is -0.118.